The van der Waals surface area contributed by atoms with Crippen LogP contribution < -0.4 is 5.32 Å². The molecule has 0 spiro atoms. The predicted octanol–water partition coefficient (Wildman–Crippen LogP) is 0.0726. The van der Waals surface area contributed by atoms with Gasteiger partial charge in [-0.2, -0.15) is 0 Å². The highest BCUT2D eigenvalue weighted by molar-refractivity contribution is 5.82. The first-order chi connectivity index (χ1) is 5.13. The Labute approximate surface area is 67.8 Å². The van der Waals surface area contributed by atoms with Crippen molar-refractivity contribution in [3.8, 4) is 0 Å². The zero-order chi connectivity index (χ0) is 8.43. The van der Waals surface area contributed by atoms with Crippen LogP contribution in [0.15, 0.2) is 0 Å². The van der Waals surface area contributed by atoms with Crippen LogP contribution in [0.2, 0.25) is 0 Å². The number of amides is 1. The van der Waals surface area contributed by atoms with Gasteiger partial charge in [0.1, 0.15) is 0 Å². The zero-order valence-corrected chi connectivity index (χ0v) is 7.42. The quantitative estimate of drug-likeness (QED) is 0.583. The van der Waals surface area contributed by atoms with Crippen LogP contribution in [-0.4, -0.2) is 37.0 Å². The lowest BCUT2D eigenvalue weighted by Crippen LogP contribution is -2.55. The van der Waals surface area contributed by atoms with Crippen LogP contribution >= 0.6 is 0 Å². The van der Waals surface area contributed by atoms with Gasteiger partial charge in [-0.1, -0.05) is 13.8 Å². The molecule has 1 saturated heterocycles. The average molecular weight is 156 g/mol. The van der Waals surface area contributed by atoms with Crippen molar-refractivity contribution in [1.29, 1.82) is 0 Å². The van der Waals surface area contributed by atoms with Crippen LogP contribution in [0.5, 0.6) is 0 Å². The van der Waals surface area contributed by atoms with E-state index in [0.717, 1.165) is 13.1 Å². The Balaban J connectivity index is 2.58. The van der Waals surface area contributed by atoms with Crippen LogP contribution in [0, 0.1) is 5.92 Å². The number of carbonyl (C=O) groups is 1. The molecular formula is C8H16N2O. The molecule has 1 amide bonds. The monoisotopic (exact) mass is 156 g/mol. The molecule has 0 aromatic heterocycles. The van der Waals surface area contributed by atoms with Gasteiger partial charge in [0.15, 0.2) is 0 Å². The molecule has 11 heavy (non-hydrogen) atoms. The predicted molar refractivity (Wildman–Crippen MR) is 44.3 cm³/mol. The maximum atomic E-state index is 11.4. The molecule has 0 saturated carbocycles. The number of nitrogens with one attached hydrogen (secondary N) is 1. The number of carbonyl (C=O) groups excluding carboxylic acids is 1. The Kier molecular flexibility index (Phi) is 2.49. The second-order valence-corrected chi connectivity index (χ2v) is 3.44. The minimum Gasteiger partial charge on any atom is -0.343 e. The van der Waals surface area contributed by atoms with Crippen molar-refractivity contribution in [2.45, 2.75) is 19.9 Å². The lowest BCUT2D eigenvalue weighted by molar-refractivity contribution is -0.135. The number of hydrogen-bond donors (Lipinski definition) is 1. The van der Waals surface area contributed by atoms with E-state index in [2.05, 4.69) is 19.2 Å². The third-order valence-corrected chi connectivity index (χ3v) is 2.12. The van der Waals surface area contributed by atoms with Gasteiger partial charge in [-0.15, -0.1) is 0 Å². The summed E-state index contributed by atoms with van der Waals surface area (Å²) in [6.07, 6.45) is 0. The summed E-state index contributed by atoms with van der Waals surface area (Å²) in [7, 11) is 1.86. The molecule has 0 aliphatic carbocycles. The van der Waals surface area contributed by atoms with E-state index in [9.17, 15) is 4.79 Å². The summed E-state index contributed by atoms with van der Waals surface area (Å²) in [4.78, 5) is 13.2. The van der Waals surface area contributed by atoms with Crippen molar-refractivity contribution in [2.24, 2.45) is 5.92 Å². The Morgan fingerprint density at radius 1 is 1.64 bits per heavy atom. The molecule has 64 valence electrons. The van der Waals surface area contributed by atoms with Gasteiger partial charge in [0, 0.05) is 20.1 Å². The number of nitrogens with zero attached hydrogens (tertiary/aromatic N) is 1. The van der Waals surface area contributed by atoms with Crippen LogP contribution in [0.3, 0.4) is 0 Å². The van der Waals surface area contributed by atoms with Crippen molar-refractivity contribution in [3.05, 3.63) is 0 Å². The number of piperazine rings is 1. The minimum atomic E-state index is 0.0359. The second-order valence-electron chi connectivity index (χ2n) is 3.44. The number of likely N-dealkylation sites (N-methyl/N-ethyl adjacent to an activating group) is 1. The summed E-state index contributed by atoms with van der Waals surface area (Å²) in [5, 5.41) is 3.21. The maximum Gasteiger partial charge on any atom is 0.239 e. The van der Waals surface area contributed by atoms with Gasteiger partial charge in [0.25, 0.3) is 0 Å². The Bertz CT molecular complexity index is 156. The van der Waals surface area contributed by atoms with Gasteiger partial charge in [-0.3, -0.25) is 4.79 Å². The molecule has 1 N–H and O–H groups in total. The standard InChI is InChI=1S/C8H16N2O/c1-6(2)7-8(11)10(3)5-4-9-7/h6-7,9H,4-5H2,1-3H3. The molecule has 0 aromatic carbocycles. The van der Waals surface area contributed by atoms with Crippen molar-refractivity contribution >= 4 is 5.91 Å². The van der Waals surface area contributed by atoms with Crippen LogP contribution in [0.4, 0.5) is 0 Å². The molecular weight excluding hydrogens is 140 g/mol. The Hall–Kier alpha value is -0.570. The van der Waals surface area contributed by atoms with E-state index in [1.165, 1.54) is 0 Å². The average Bonchev–Trinajstić information content (AvgIpc) is 1.94. The maximum absolute atomic E-state index is 11.4. The summed E-state index contributed by atoms with van der Waals surface area (Å²) < 4.78 is 0. The molecule has 1 rings (SSSR count). The molecule has 3 nitrogen and oxygen atoms in total. The first-order valence-corrected chi connectivity index (χ1v) is 4.11. The molecule has 1 heterocycles. The lowest BCUT2D eigenvalue weighted by Gasteiger charge is -2.32. The zero-order valence-electron chi connectivity index (χ0n) is 7.42. The van der Waals surface area contributed by atoms with Crippen molar-refractivity contribution < 1.29 is 4.79 Å². The largest absolute Gasteiger partial charge is 0.343 e. The van der Waals surface area contributed by atoms with E-state index in [4.69, 9.17) is 0 Å². The summed E-state index contributed by atoms with van der Waals surface area (Å²) in [5.74, 6) is 0.622. The molecule has 0 bridgehead atoms. The molecule has 1 atom stereocenters. The third-order valence-electron chi connectivity index (χ3n) is 2.12. The van der Waals surface area contributed by atoms with E-state index in [-0.39, 0.29) is 11.9 Å². The summed E-state index contributed by atoms with van der Waals surface area (Å²) in [6.45, 7) is 5.89. The van der Waals surface area contributed by atoms with Gasteiger partial charge in [0.2, 0.25) is 5.91 Å². The van der Waals surface area contributed by atoms with E-state index < -0.39 is 0 Å². The fourth-order valence-electron chi connectivity index (χ4n) is 1.34. The molecule has 0 aromatic rings. The minimum absolute atomic E-state index is 0.0359. The summed E-state index contributed by atoms with van der Waals surface area (Å²) >= 11 is 0. The van der Waals surface area contributed by atoms with E-state index in [1.54, 1.807) is 4.90 Å². The molecule has 3 heteroatoms. The molecule has 1 unspecified atom stereocenters. The van der Waals surface area contributed by atoms with Gasteiger partial charge in [0.05, 0.1) is 6.04 Å². The summed E-state index contributed by atoms with van der Waals surface area (Å²) in [6, 6.07) is 0.0359. The number of hydrogen-bond acceptors (Lipinski definition) is 2. The van der Waals surface area contributed by atoms with Crippen molar-refractivity contribution in [3.63, 3.8) is 0 Å². The Morgan fingerprint density at radius 2 is 2.27 bits per heavy atom. The Morgan fingerprint density at radius 3 is 2.73 bits per heavy atom. The highest BCUT2D eigenvalue weighted by atomic mass is 16.2. The van der Waals surface area contributed by atoms with E-state index in [0.29, 0.717) is 5.92 Å². The second kappa shape index (κ2) is 3.22. The smallest absolute Gasteiger partial charge is 0.239 e. The normalized spacial score (nSPS) is 26.4. The van der Waals surface area contributed by atoms with Crippen LogP contribution in [0.25, 0.3) is 0 Å². The first kappa shape index (κ1) is 8.53. The summed E-state index contributed by atoms with van der Waals surface area (Å²) in [5.41, 5.74) is 0. The molecule has 1 aliphatic rings. The van der Waals surface area contributed by atoms with Crippen LogP contribution in [-0.2, 0) is 4.79 Å². The van der Waals surface area contributed by atoms with Crippen molar-refractivity contribution in [2.75, 3.05) is 20.1 Å². The van der Waals surface area contributed by atoms with Gasteiger partial charge in [-0.25, -0.2) is 0 Å². The van der Waals surface area contributed by atoms with Crippen LogP contribution in [0.1, 0.15) is 13.8 Å². The van der Waals surface area contributed by atoms with Gasteiger partial charge >= 0.3 is 0 Å². The fraction of sp³-hybridized carbons (Fsp3) is 0.875. The van der Waals surface area contributed by atoms with E-state index in [1.807, 2.05) is 7.05 Å². The fourth-order valence-corrected chi connectivity index (χ4v) is 1.34. The number of rotatable bonds is 1. The lowest BCUT2D eigenvalue weighted by atomic mass is 10.0. The molecule has 1 aliphatic heterocycles. The van der Waals surface area contributed by atoms with Gasteiger partial charge < -0.3 is 10.2 Å². The van der Waals surface area contributed by atoms with Crippen molar-refractivity contribution in [1.82, 2.24) is 10.2 Å². The third kappa shape index (κ3) is 1.71. The highest BCUT2D eigenvalue weighted by Crippen LogP contribution is 2.07. The van der Waals surface area contributed by atoms with Gasteiger partial charge in [-0.05, 0) is 5.92 Å². The SMILES string of the molecule is CC(C)C1NCCN(C)C1=O. The first-order valence-electron chi connectivity index (χ1n) is 4.11. The topological polar surface area (TPSA) is 32.3 Å². The molecule has 0 radical (unpaired) electrons. The highest BCUT2D eigenvalue weighted by Gasteiger charge is 2.27. The molecule has 1 fully saturated rings. The van der Waals surface area contributed by atoms with E-state index >= 15 is 0 Å².